The number of carboxylic acids is 1. The lowest BCUT2D eigenvalue weighted by molar-refractivity contribution is -0.139. The third-order valence-electron chi connectivity index (χ3n) is 7.31. The molecule has 3 aliphatic carbocycles. The minimum absolute atomic E-state index is 0.230. The number of nitrogens with two attached hydrogens (primary N) is 1. The van der Waals surface area contributed by atoms with Gasteiger partial charge in [-0.15, -0.1) is 0 Å². The maximum atomic E-state index is 10.6. The first-order valence-electron chi connectivity index (χ1n) is 12.0. The number of fused-ring (bicyclic) bond motifs is 2. The van der Waals surface area contributed by atoms with E-state index in [4.69, 9.17) is 15.6 Å². The van der Waals surface area contributed by atoms with Crippen molar-refractivity contribution in [3.05, 3.63) is 89.5 Å². The molecule has 0 bridgehead atoms. The Balaban J connectivity index is 0.000000186. The molecule has 1 atom stereocenters. The summed E-state index contributed by atoms with van der Waals surface area (Å²) >= 11 is 0. The monoisotopic (exact) mass is 475 g/mol. The fourth-order valence-electron chi connectivity index (χ4n) is 5.17. The van der Waals surface area contributed by atoms with Crippen LogP contribution in [0.2, 0.25) is 0 Å². The summed E-state index contributed by atoms with van der Waals surface area (Å²) in [5.74, 6) is 0.218. The lowest BCUT2D eigenvalue weighted by Crippen LogP contribution is -2.50. The lowest BCUT2D eigenvalue weighted by atomic mass is 9.47. The van der Waals surface area contributed by atoms with Crippen LogP contribution in [0.3, 0.4) is 0 Å². The molecule has 2 amide bonds. The first-order valence-corrected chi connectivity index (χ1v) is 12.0. The quantitative estimate of drug-likeness (QED) is 0.263. The van der Waals surface area contributed by atoms with E-state index in [0.29, 0.717) is 23.6 Å². The first-order chi connectivity index (χ1) is 16.8. The van der Waals surface area contributed by atoms with E-state index in [2.05, 4.69) is 78.5 Å². The molecule has 0 heterocycles. The van der Waals surface area contributed by atoms with Gasteiger partial charge in [0.2, 0.25) is 0 Å². The van der Waals surface area contributed by atoms with Crippen LogP contribution in [0.5, 0.6) is 5.75 Å². The molecule has 0 saturated heterocycles. The number of ether oxygens (including phenoxy) is 1. The molecule has 1 unspecified atom stereocenters. The van der Waals surface area contributed by atoms with Gasteiger partial charge in [0.05, 0.1) is 0 Å². The van der Waals surface area contributed by atoms with Gasteiger partial charge in [0.25, 0.3) is 0 Å². The Morgan fingerprint density at radius 2 is 1.83 bits per heavy atom. The second kappa shape index (κ2) is 10.4. The molecule has 7 nitrogen and oxygen atoms in total. The summed E-state index contributed by atoms with van der Waals surface area (Å²) in [6.45, 7) is 2.64. The Bertz CT molecular complexity index is 1110. The van der Waals surface area contributed by atoms with Crippen molar-refractivity contribution in [2.75, 3.05) is 13.2 Å². The molecule has 0 radical (unpaired) electrons. The Morgan fingerprint density at radius 3 is 2.43 bits per heavy atom. The molecule has 3 aliphatic rings. The van der Waals surface area contributed by atoms with Gasteiger partial charge < -0.3 is 15.6 Å². The molecule has 5 N–H and O–H groups in total. The van der Waals surface area contributed by atoms with Crippen molar-refractivity contribution in [3.8, 4) is 5.75 Å². The Hall–Kier alpha value is -3.58. The van der Waals surface area contributed by atoms with E-state index in [1.807, 2.05) is 12.1 Å². The molecule has 0 spiro atoms. The van der Waals surface area contributed by atoms with Crippen molar-refractivity contribution in [1.82, 2.24) is 10.9 Å². The number of hydrogen-bond donors (Lipinski definition) is 4. The number of aliphatic carboxylic acids is 1. The average molecular weight is 476 g/mol. The van der Waals surface area contributed by atoms with Crippen molar-refractivity contribution < 1.29 is 19.4 Å². The zero-order valence-corrected chi connectivity index (χ0v) is 20.0. The van der Waals surface area contributed by atoms with Crippen LogP contribution in [0.15, 0.2) is 72.8 Å². The van der Waals surface area contributed by atoms with Gasteiger partial charge in [-0.1, -0.05) is 73.7 Å². The van der Waals surface area contributed by atoms with Gasteiger partial charge in [-0.05, 0) is 54.4 Å². The Labute approximate surface area is 206 Å². The highest BCUT2D eigenvalue weighted by Gasteiger charge is 2.54. The van der Waals surface area contributed by atoms with Gasteiger partial charge in [-0.2, -0.15) is 0 Å². The van der Waals surface area contributed by atoms with E-state index in [0.717, 1.165) is 31.2 Å². The molecule has 35 heavy (non-hydrogen) atoms. The lowest BCUT2D eigenvalue weighted by Gasteiger charge is -2.56. The highest BCUT2D eigenvalue weighted by Crippen LogP contribution is 2.60. The van der Waals surface area contributed by atoms with E-state index in [1.54, 1.807) is 0 Å². The molecule has 2 aromatic rings. The van der Waals surface area contributed by atoms with Crippen LogP contribution in [0, 0.1) is 11.3 Å². The van der Waals surface area contributed by atoms with E-state index in [9.17, 15) is 9.59 Å². The topological polar surface area (TPSA) is 114 Å². The number of benzene rings is 2. The first kappa shape index (κ1) is 24.5. The minimum Gasteiger partial charge on any atom is -0.482 e. The number of carboxylic acid groups (broad SMARTS) is 1. The third kappa shape index (κ3) is 5.25. The zero-order chi connectivity index (χ0) is 24.9. The minimum atomic E-state index is -0.973. The summed E-state index contributed by atoms with van der Waals surface area (Å²) in [6.07, 6.45) is 12.9. The summed E-state index contributed by atoms with van der Waals surface area (Å²) in [5, 5.41) is 8.71. The molecule has 2 aromatic carbocycles. The van der Waals surface area contributed by atoms with Gasteiger partial charge in [0.15, 0.2) is 6.61 Å². The number of carbonyl (C=O) groups excluding carboxylic acids is 1. The molecular formula is C28H33N3O4. The van der Waals surface area contributed by atoms with Crippen molar-refractivity contribution >= 4 is 12.0 Å². The fraction of sp³-hybridized carbons (Fsp3) is 0.357. The fourth-order valence-corrected chi connectivity index (χ4v) is 5.17. The predicted molar refractivity (Wildman–Crippen MR) is 135 cm³/mol. The molecule has 5 rings (SSSR count). The van der Waals surface area contributed by atoms with E-state index < -0.39 is 12.0 Å². The van der Waals surface area contributed by atoms with Gasteiger partial charge in [0.1, 0.15) is 5.75 Å². The van der Waals surface area contributed by atoms with E-state index in [1.165, 1.54) is 11.1 Å². The summed E-state index contributed by atoms with van der Waals surface area (Å²) in [7, 11) is 0. The number of nitrogens with one attached hydrogen (secondary N) is 2. The highest BCUT2D eigenvalue weighted by atomic mass is 16.5. The molecular weight excluding hydrogens is 442 g/mol. The van der Waals surface area contributed by atoms with Crippen LogP contribution in [0.1, 0.15) is 36.5 Å². The summed E-state index contributed by atoms with van der Waals surface area (Å²) in [6, 6.07) is 15.9. The molecule has 7 heteroatoms. The number of urea groups is 1. The maximum absolute atomic E-state index is 10.6. The summed E-state index contributed by atoms with van der Waals surface area (Å²) < 4.78 is 5.35. The summed E-state index contributed by atoms with van der Waals surface area (Å²) in [4.78, 5) is 21.2. The number of allylic oxidation sites excluding steroid dienone is 4. The summed E-state index contributed by atoms with van der Waals surface area (Å²) in [5.41, 5.74) is 14.4. The molecule has 184 valence electrons. The van der Waals surface area contributed by atoms with Gasteiger partial charge in [0, 0.05) is 17.4 Å². The van der Waals surface area contributed by atoms with Gasteiger partial charge >= 0.3 is 12.0 Å². The van der Waals surface area contributed by atoms with Crippen molar-refractivity contribution in [2.24, 2.45) is 17.1 Å². The van der Waals surface area contributed by atoms with Crippen molar-refractivity contribution in [3.63, 3.8) is 0 Å². The largest absolute Gasteiger partial charge is 0.482 e. The van der Waals surface area contributed by atoms with E-state index in [-0.39, 0.29) is 12.0 Å². The maximum Gasteiger partial charge on any atom is 0.341 e. The molecule has 0 saturated carbocycles. The van der Waals surface area contributed by atoms with Crippen molar-refractivity contribution in [1.29, 1.82) is 0 Å². The normalized spacial score (nSPS) is 25.0. The van der Waals surface area contributed by atoms with Crippen LogP contribution >= 0.6 is 0 Å². The third-order valence-corrected chi connectivity index (χ3v) is 7.31. The number of amides is 2. The van der Waals surface area contributed by atoms with Gasteiger partial charge in [-0.25, -0.2) is 15.0 Å². The highest BCUT2D eigenvalue weighted by molar-refractivity contribution is 5.70. The standard InChI is InChI=1S/C15H21N3O4.C13H12/c16-15(21)18-17-7-6-10-4-5-12-11(8-10)2-1-3-13(12)22-9-14(19)20;1-12-7-9-13(12,10-8-12)11-5-3-2-4-6-11/h1-3,10,17H,4-9H2,(H,19,20)(H3,16,18,21);2-10H,1H3. The SMILES string of the molecule is CC12C=CC1(c1ccccc1)C=C2.NC(=O)NNCCC1CCc2c(cccc2OCC(=O)O)C1. The van der Waals surface area contributed by atoms with E-state index >= 15 is 0 Å². The Morgan fingerprint density at radius 1 is 1.09 bits per heavy atom. The second-order valence-corrected chi connectivity index (χ2v) is 9.57. The van der Waals surface area contributed by atoms with Crippen LogP contribution in [0.4, 0.5) is 4.79 Å². The number of rotatable bonds is 8. The molecule has 0 aromatic heterocycles. The second-order valence-electron chi connectivity index (χ2n) is 9.57. The average Bonchev–Trinajstić information content (AvgIpc) is 2.86. The Kier molecular flexibility index (Phi) is 7.26. The number of carbonyl (C=O) groups is 2. The molecule has 0 fully saturated rings. The predicted octanol–water partition coefficient (Wildman–Crippen LogP) is 3.89. The molecule has 0 aliphatic heterocycles. The van der Waals surface area contributed by atoms with Crippen LogP contribution in [0.25, 0.3) is 0 Å². The van der Waals surface area contributed by atoms with Crippen LogP contribution in [-0.2, 0) is 23.1 Å². The zero-order valence-electron chi connectivity index (χ0n) is 20.0. The number of primary amides is 1. The number of hydrogen-bond acceptors (Lipinski definition) is 4. The van der Waals surface area contributed by atoms with Crippen LogP contribution in [-0.4, -0.2) is 30.3 Å². The van der Waals surface area contributed by atoms with Crippen molar-refractivity contribution in [2.45, 2.75) is 38.0 Å². The van der Waals surface area contributed by atoms with Crippen LogP contribution < -0.4 is 21.3 Å². The van der Waals surface area contributed by atoms with Gasteiger partial charge in [-0.3, -0.25) is 5.43 Å². The number of hydrazine groups is 1. The smallest absolute Gasteiger partial charge is 0.341 e.